The lowest BCUT2D eigenvalue weighted by Crippen LogP contribution is -2.11. The number of pyridine rings is 1. The van der Waals surface area contributed by atoms with Gasteiger partial charge < -0.3 is 5.73 Å². The van der Waals surface area contributed by atoms with Gasteiger partial charge in [-0.2, -0.15) is 5.26 Å². The fourth-order valence-corrected chi connectivity index (χ4v) is 0.974. The van der Waals surface area contributed by atoms with Crippen molar-refractivity contribution in [3.8, 4) is 6.07 Å². The maximum absolute atomic E-state index is 8.41. The third-order valence-electron chi connectivity index (χ3n) is 1.60. The molecule has 0 unspecified atom stereocenters. The molecule has 0 aliphatic rings. The highest BCUT2D eigenvalue weighted by Crippen LogP contribution is 2.10. The van der Waals surface area contributed by atoms with Gasteiger partial charge in [0.05, 0.1) is 24.2 Å². The van der Waals surface area contributed by atoms with Crippen LogP contribution in [0.3, 0.4) is 0 Å². The van der Waals surface area contributed by atoms with E-state index in [1.807, 2.05) is 31.2 Å². The first kappa shape index (κ1) is 8.69. The molecule has 3 heteroatoms. The second-order valence-corrected chi connectivity index (χ2v) is 2.67. The predicted molar refractivity (Wildman–Crippen MR) is 46.1 cm³/mol. The molecule has 1 aromatic rings. The van der Waals surface area contributed by atoms with E-state index in [1.54, 1.807) is 0 Å². The predicted octanol–water partition coefficient (Wildman–Crippen LogP) is 1.30. The van der Waals surface area contributed by atoms with Crippen molar-refractivity contribution < 1.29 is 0 Å². The molecule has 0 spiro atoms. The Bertz CT molecular complexity index is 301. The second kappa shape index (κ2) is 3.84. The summed E-state index contributed by atoms with van der Waals surface area (Å²) >= 11 is 0. The summed E-state index contributed by atoms with van der Waals surface area (Å²) in [5.74, 6) is 0. The summed E-state index contributed by atoms with van der Waals surface area (Å²) in [6, 6.07) is 7.41. The molecule has 0 aliphatic carbocycles. The molecule has 0 amide bonds. The van der Waals surface area contributed by atoms with Crippen LogP contribution in [0.2, 0.25) is 0 Å². The van der Waals surface area contributed by atoms with Crippen LogP contribution in [0.15, 0.2) is 18.2 Å². The summed E-state index contributed by atoms with van der Waals surface area (Å²) in [7, 11) is 0. The van der Waals surface area contributed by atoms with Crippen molar-refractivity contribution in [2.24, 2.45) is 5.73 Å². The third kappa shape index (κ3) is 2.04. The summed E-state index contributed by atoms with van der Waals surface area (Å²) in [5, 5.41) is 8.41. The van der Waals surface area contributed by atoms with E-state index in [1.165, 1.54) is 0 Å². The van der Waals surface area contributed by atoms with Crippen molar-refractivity contribution in [2.75, 3.05) is 0 Å². The van der Waals surface area contributed by atoms with Gasteiger partial charge in [-0.15, -0.1) is 0 Å². The first-order valence-electron chi connectivity index (χ1n) is 3.80. The highest BCUT2D eigenvalue weighted by Gasteiger charge is 2.05. The Hall–Kier alpha value is -1.40. The second-order valence-electron chi connectivity index (χ2n) is 2.67. The van der Waals surface area contributed by atoms with Gasteiger partial charge in [-0.1, -0.05) is 6.07 Å². The van der Waals surface area contributed by atoms with E-state index in [4.69, 9.17) is 11.0 Å². The Labute approximate surface area is 71.8 Å². The van der Waals surface area contributed by atoms with Crippen molar-refractivity contribution in [3.63, 3.8) is 0 Å². The molecule has 0 fully saturated rings. The van der Waals surface area contributed by atoms with Gasteiger partial charge in [0.15, 0.2) is 0 Å². The fourth-order valence-electron chi connectivity index (χ4n) is 0.974. The molecule has 0 radical (unpaired) electrons. The normalized spacial score (nSPS) is 12.1. The number of rotatable bonds is 2. The Kier molecular flexibility index (Phi) is 2.78. The van der Waals surface area contributed by atoms with Crippen LogP contribution in [0.4, 0.5) is 0 Å². The van der Waals surface area contributed by atoms with Gasteiger partial charge in [-0.3, -0.25) is 4.98 Å². The molecule has 62 valence electrons. The maximum Gasteiger partial charge on any atom is 0.0642 e. The van der Waals surface area contributed by atoms with Crippen LogP contribution in [-0.2, 0) is 0 Å². The van der Waals surface area contributed by atoms with Crippen LogP contribution >= 0.6 is 0 Å². The van der Waals surface area contributed by atoms with Gasteiger partial charge in [0.2, 0.25) is 0 Å². The summed E-state index contributed by atoms with van der Waals surface area (Å²) in [5.41, 5.74) is 7.41. The fraction of sp³-hybridized carbons (Fsp3) is 0.333. The van der Waals surface area contributed by atoms with Crippen LogP contribution in [0.25, 0.3) is 0 Å². The van der Waals surface area contributed by atoms with E-state index < -0.39 is 0 Å². The van der Waals surface area contributed by atoms with E-state index in [2.05, 4.69) is 4.98 Å². The average molecular weight is 161 g/mol. The van der Waals surface area contributed by atoms with Crippen molar-refractivity contribution in [1.29, 1.82) is 5.26 Å². The lowest BCUT2D eigenvalue weighted by molar-refractivity contribution is 0.716. The van der Waals surface area contributed by atoms with Crippen LogP contribution in [0.1, 0.15) is 23.9 Å². The van der Waals surface area contributed by atoms with Gasteiger partial charge in [-0.25, -0.2) is 0 Å². The van der Waals surface area contributed by atoms with E-state index in [-0.39, 0.29) is 6.04 Å². The topological polar surface area (TPSA) is 62.7 Å². The Morgan fingerprint density at radius 2 is 2.42 bits per heavy atom. The average Bonchev–Trinajstić information content (AvgIpc) is 2.05. The smallest absolute Gasteiger partial charge is 0.0642 e. The minimum atomic E-state index is -0.255. The van der Waals surface area contributed by atoms with Crippen molar-refractivity contribution in [2.45, 2.75) is 19.4 Å². The molecule has 0 aliphatic heterocycles. The Balaban J connectivity index is 2.82. The molecule has 0 aromatic carbocycles. The SMILES string of the molecule is Cc1cccc([C@H](N)CC#N)n1. The third-order valence-corrected chi connectivity index (χ3v) is 1.60. The molecule has 0 bridgehead atoms. The molecule has 1 aromatic heterocycles. The zero-order chi connectivity index (χ0) is 8.97. The van der Waals surface area contributed by atoms with Crippen LogP contribution in [0, 0.1) is 18.3 Å². The molecular formula is C9H11N3. The highest BCUT2D eigenvalue weighted by atomic mass is 14.8. The summed E-state index contributed by atoms with van der Waals surface area (Å²) in [6.07, 6.45) is 0.316. The lowest BCUT2D eigenvalue weighted by atomic mass is 10.1. The minimum Gasteiger partial charge on any atom is -0.322 e. The largest absolute Gasteiger partial charge is 0.322 e. The zero-order valence-electron chi connectivity index (χ0n) is 6.99. The highest BCUT2D eigenvalue weighted by molar-refractivity contribution is 5.13. The molecule has 2 N–H and O–H groups in total. The number of aryl methyl sites for hydroxylation is 1. The summed E-state index contributed by atoms with van der Waals surface area (Å²) in [4.78, 5) is 4.22. The molecule has 12 heavy (non-hydrogen) atoms. The molecule has 0 saturated heterocycles. The number of aromatic nitrogens is 1. The first-order chi connectivity index (χ1) is 5.74. The summed E-state index contributed by atoms with van der Waals surface area (Å²) < 4.78 is 0. The van der Waals surface area contributed by atoms with Crippen molar-refractivity contribution in [3.05, 3.63) is 29.6 Å². The van der Waals surface area contributed by atoms with E-state index in [0.717, 1.165) is 11.4 Å². The van der Waals surface area contributed by atoms with Gasteiger partial charge >= 0.3 is 0 Å². The van der Waals surface area contributed by atoms with Gasteiger partial charge in [-0.05, 0) is 19.1 Å². The number of hydrogen-bond donors (Lipinski definition) is 1. The van der Waals surface area contributed by atoms with Crippen molar-refractivity contribution in [1.82, 2.24) is 4.98 Å². The lowest BCUT2D eigenvalue weighted by Gasteiger charge is -2.06. The van der Waals surface area contributed by atoms with Gasteiger partial charge in [0.25, 0.3) is 0 Å². The van der Waals surface area contributed by atoms with Crippen molar-refractivity contribution >= 4 is 0 Å². The number of nitrogens with two attached hydrogens (primary N) is 1. The summed E-state index contributed by atoms with van der Waals surface area (Å²) in [6.45, 7) is 1.91. The zero-order valence-corrected chi connectivity index (χ0v) is 6.99. The van der Waals surface area contributed by atoms with Crippen LogP contribution < -0.4 is 5.73 Å². The van der Waals surface area contributed by atoms with E-state index >= 15 is 0 Å². The van der Waals surface area contributed by atoms with E-state index in [9.17, 15) is 0 Å². The number of hydrogen-bond acceptors (Lipinski definition) is 3. The molecular weight excluding hydrogens is 150 g/mol. The quantitative estimate of drug-likeness (QED) is 0.711. The van der Waals surface area contributed by atoms with E-state index in [0.29, 0.717) is 6.42 Å². The minimum absolute atomic E-state index is 0.255. The number of nitriles is 1. The molecule has 1 heterocycles. The molecule has 1 atom stereocenters. The Morgan fingerprint density at radius 1 is 1.67 bits per heavy atom. The molecule has 3 nitrogen and oxygen atoms in total. The van der Waals surface area contributed by atoms with Crippen LogP contribution in [0.5, 0.6) is 0 Å². The molecule has 0 saturated carbocycles. The standard InChI is InChI=1S/C9H11N3/c1-7-3-2-4-9(12-7)8(11)5-6-10/h2-4,8H,5,11H2,1H3/t8-/m1/s1. The molecule has 1 rings (SSSR count). The number of nitrogens with zero attached hydrogens (tertiary/aromatic N) is 2. The van der Waals surface area contributed by atoms with Gasteiger partial charge in [0, 0.05) is 5.69 Å². The van der Waals surface area contributed by atoms with Crippen LogP contribution in [-0.4, -0.2) is 4.98 Å². The monoisotopic (exact) mass is 161 g/mol. The maximum atomic E-state index is 8.41. The first-order valence-corrected chi connectivity index (χ1v) is 3.80. The van der Waals surface area contributed by atoms with Gasteiger partial charge in [0.1, 0.15) is 0 Å². The Morgan fingerprint density at radius 3 is 3.00 bits per heavy atom.